The van der Waals surface area contributed by atoms with E-state index in [1.165, 1.54) is 11.1 Å². The molecule has 1 N–H and O–H groups in total. The van der Waals surface area contributed by atoms with E-state index in [0.717, 1.165) is 36.0 Å². The molecule has 0 unspecified atom stereocenters. The van der Waals surface area contributed by atoms with Gasteiger partial charge in [0.25, 0.3) is 5.91 Å². The van der Waals surface area contributed by atoms with Crippen molar-refractivity contribution in [3.8, 4) is 0 Å². The standard InChI is InChI=1S/C19H17ClN2O/c1-12-8-9-16-13(11-12)5-4-10-22(16)19(23)18-17(20)14-6-2-3-7-15(14)21-18/h2-3,6-9,11,21H,4-5,10H2,1H3. The van der Waals surface area contributed by atoms with Crippen LogP contribution in [-0.4, -0.2) is 17.4 Å². The zero-order valence-electron chi connectivity index (χ0n) is 12.9. The van der Waals surface area contributed by atoms with E-state index in [1.54, 1.807) is 0 Å². The van der Waals surface area contributed by atoms with E-state index in [1.807, 2.05) is 35.2 Å². The summed E-state index contributed by atoms with van der Waals surface area (Å²) in [4.78, 5) is 18.1. The van der Waals surface area contributed by atoms with E-state index in [4.69, 9.17) is 11.6 Å². The van der Waals surface area contributed by atoms with E-state index in [0.29, 0.717) is 10.7 Å². The van der Waals surface area contributed by atoms with Crippen LogP contribution in [0.1, 0.15) is 28.0 Å². The van der Waals surface area contributed by atoms with Crippen molar-refractivity contribution in [1.29, 1.82) is 0 Å². The van der Waals surface area contributed by atoms with E-state index in [2.05, 4.69) is 24.0 Å². The zero-order valence-corrected chi connectivity index (χ0v) is 13.7. The fraction of sp³-hybridized carbons (Fsp3) is 0.211. The van der Waals surface area contributed by atoms with Gasteiger partial charge in [-0.15, -0.1) is 0 Å². The first-order valence-electron chi connectivity index (χ1n) is 7.83. The monoisotopic (exact) mass is 324 g/mol. The number of nitrogens with one attached hydrogen (secondary N) is 1. The Morgan fingerprint density at radius 1 is 1.22 bits per heavy atom. The number of nitrogens with zero attached hydrogens (tertiary/aromatic N) is 1. The second-order valence-corrected chi connectivity index (χ2v) is 6.43. The lowest BCUT2D eigenvalue weighted by Crippen LogP contribution is -2.35. The predicted molar refractivity (Wildman–Crippen MR) is 94.5 cm³/mol. The molecule has 0 saturated heterocycles. The summed E-state index contributed by atoms with van der Waals surface area (Å²) in [5, 5.41) is 1.39. The largest absolute Gasteiger partial charge is 0.349 e. The first kappa shape index (κ1) is 14.3. The summed E-state index contributed by atoms with van der Waals surface area (Å²) in [5.74, 6) is -0.0593. The molecular formula is C19H17ClN2O. The molecule has 0 radical (unpaired) electrons. The van der Waals surface area contributed by atoms with Gasteiger partial charge in [-0.3, -0.25) is 4.79 Å². The van der Waals surface area contributed by atoms with E-state index in [9.17, 15) is 4.79 Å². The Morgan fingerprint density at radius 2 is 2.04 bits per heavy atom. The molecule has 1 aliphatic rings. The maximum absolute atomic E-state index is 13.0. The summed E-state index contributed by atoms with van der Waals surface area (Å²) in [6, 6.07) is 14.0. The third-order valence-corrected chi connectivity index (χ3v) is 4.85. The summed E-state index contributed by atoms with van der Waals surface area (Å²) in [6.45, 7) is 2.80. The first-order chi connectivity index (χ1) is 11.1. The number of amides is 1. The second kappa shape index (κ2) is 5.43. The molecule has 1 aromatic heterocycles. The number of para-hydroxylation sites is 1. The number of carbonyl (C=O) groups excluding carboxylic acids is 1. The Balaban J connectivity index is 1.79. The number of hydrogen-bond donors (Lipinski definition) is 1. The Kier molecular flexibility index (Phi) is 3.38. The molecule has 116 valence electrons. The predicted octanol–water partition coefficient (Wildman–Crippen LogP) is 4.72. The Morgan fingerprint density at radius 3 is 2.87 bits per heavy atom. The lowest BCUT2D eigenvalue weighted by molar-refractivity contribution is 0.0981. The number of aromatic amines is 1. The van der Waals surface area contributed by atoms with E-state index in [-0.39, 0.29) is 5.91 Å². The summed E-state index contributed by atoms with van der Waals surface area (Å²) in [6.07, 6.45) is 1.99. The molecule has 1 amide bonds. The fourth-order valence-corrected chi connectivity index (χ4v) is 3.62. The van der Waals surface area contributed by atoms with Gasteiger partial charge in [-0.25, -0.2) is 0 Å². The number of rotatable bonds is 1. The lowest BCUT2D eigenvalue weighted by Gasteiger charge is -2.29. The normalized spacial score (nSPS) is 14.1. The van der Waals surface area contributed by atoms with Crippen molar-refractivity contribution in [1.82, 2.24) is 4.98 Å². The Bertz CT molecular complexity index is 913. The third-order valence-electron chi connectivity index (χ3n) is 4.46. The molecule has 4 heteroatoms. The fourth-order valence-electron chi connectivity index (χ4n) is 3.33. The molecule has 2 heterocycles. The molecule has 1 aliphatic heterocycles. The number of carbonyl (C=O) groups is 1. The molecular weight excluding hydrogens is 308 g/mol. The molecule has 0 atom stereocenters. The number of aryl methyl sites for hydroxylation is 2. The van der Waals surface area contributed by atoms with Gasteiger partial charge in [0, 0.05) is 23.1 Å². The van der Waals surface area contributed by atoms with Crippen molar-refractivity contribution in [2.45, 2.75) is 19.8 Å². The van der Waals surface area contributed by atoms with Crippen LogP contribution in [0.5, 0.6) is 0 Å². The summed E-state index contributed by atoms with van der Waals surface area (Å²) in [5.41, 5.74) is 4.82. The topological polar surface area (TPSA) is 36.1 Å². The highest BCUT2D eigenvalue weighted by Crippen LogP contribution is 2.33. The van der Waals surface area contributed by atoms with Gasteiger partial charge in [-0.1, -0.05) is 47.5 Å². The van der Waals surface area contributed by atoms with Crippen LogP contribution in [0.2, 0.25) is 5.02 Å². The zero-order chi connectivity index (χ0) is 16.0. The average molecular weight is 325 g/mol. The van der Waals surface area contributed by atoms with E-state index >= 15 is 0 Å². The van der Waals surface area contributed by atoms with E-state index < -0.39 is 0 Å². The molecule has 0 fully saturated rings. The molecule has 3 aromatic rings. The number of H-pyrrole nitrogens is 1. The lowest BCUT2D eigenvalue weighted by atomic mass is 9.99. The third kappa shape index (κ3) is 2.32. The van der Waals surface area contributed by atoms with Gasteiger partial charge in [0.15, 0.2) is 0 Å². The number of aromatic nitrogens is 1. The number of hydrogen-bond acceptors (Lipinski definition) is 1. The van der Waals surface area contributed by atoms with Crippen molar-refractivity contribution in [3.63, 3.8) is 0 Å². The van der Waals surface area contributed by atoms with Crippen LogP contribution in [0.15, 0.2) is 42.5 Å². The van der Waals surface area contributed by atoms with Gasteiger partial charge in [-0.05, 0) is 37.5 Å². The van der Waals surface area contributed by atoms with Crippen LogP contribution in [-0.2, 0) is 6.42 Å². The molecule has 23 heavy (non-hydrogen) atoms. The quantitative estimate of drug-likeness (QED) is 0.690. The van der Waals surface area contributed by atoms with Crippen molar-refractivity contribution >= 4 is 34.1 Å². The Labute approximate surface area is 139 Å². The molecule has 0 saturated carbocycles. The molecule has 0 aliphatic carbocycles. The number of benzene rings is 2. The van der Waals surface area contributed by atoms with Crippen molar-refractivity contribution in [2.75, 3.05) is 11.4 Å². The molecule has 0 spiro atoms. The SMILES string of the molecule is Cc1ccc2c(c1)CCCN2C(=O)c1[nH]c2ccccc2c1Cl. The second-order valence-electron chi connectivity index (χ2n) is 6.05. The molecule has 2 aromatic carbocycles. The smallest absolute Gasteiger partial charge is 0.276 e. The Hall–Kier alpha value is -2.26. The van der Waals surface area contributed by atoms with Gasteiger partial charge in [0.1, 0.15) is 5.69 Å². The highest BCUT2D eigenvalue weighted by Gasteiger charge is 2.26. The minimum Gasteiger partial charge on any atom is -0.349 e. The number of anilines is 1. The summed E-state index contributed by atoms with van der Waals surface area (Å²) < 4.78 is 0. The van der Waals surface area contributed by atoms with Crippen molar-refractivity contribution < 1.29 is 4.79 Å². The van der Waals surface area contributed by atoms with Crippen LogP contribution in [0, 0.1) is 6.92 Å². The number of fused-ring (bicyclic) bond motifs is 2. The molecule has 0 bridgehead atoms. The summed E-state index contributed by atoms with van der Waals surface area (Å²) >= 11 is 6.44. The minimum atomic E-state index is -0.0593. The molecule has 3 nitrogen and oxygen atoms in total. The highest BCUT2D eigenvalue weighted by atomic mass is 35.5. The summed E-state index contributed by atoms with van der Waals surface area (Å²) in [7, 11) is 0. The van der Waals surface area contributed by atoms with Crippen LogP contribution >= 0.6 is 11.6 Å². The average Bonchev–Trinajstić information content (AvgIpc) is 2.91. The number of halogens is 1. The highest BCUT2D eigenvalue weighted by molar-refractivity contribution is 6.39. The molecule has 4 rings (SSSR count). The first-order valence-corrected chi connectivity index (χ1v) is 8.20. The van der Waals surface area contributed by atoms with Crippen molar-refractivity contribution in [3.05, 3.63) is 64.3 Å². The van der Waals surface area contributed by atoms with Gasteiger partial charge in [0.05, 0.1) is 5.02 Å². The van der Waals surface area contributed by atoms with Crippen LogP contribution in [0.3, 0.4) is 0 Å². The van der Waals surface area contributed by atoms with Gasteiger partial charge < -0.3 is 9.88 Å². The maximum Gasteiger partial charge on any atom is 0.276 e. The van der Waals surface area contributed by atoms with Crippen LogP contribution < -0.4 is 4.90 Å². The minimum absolute atomic E-state index is 0.0593. The maximum atomic E-state index is 13.0. The van der Waals surface area contributed by atoms with Gasteiger partial charge >= 0.3 is 0 Å². The van der Waals surface area contributed by atoms with Gasteiger partial charge in [0.2, 0.25) is 0 Å². The van der Waals surface area contributed by atoms with Crippen LogP contribution in [0.25, 0.3) is 10.9 Å². The van der Waals surface area contributed by atoms with Crippen molar-refractivity contribution in [2.24, 2.45) is 0 Å². The van der Waals surface area contributed by atoms with Gasteiger partial charge in [-0.2, -0.15) is 0 Å². The van der Waals surface area contributed by atoms with Crippen LogP contribution in [0.4, 0.5) is 5.69 Å².